The van der Waals surface area contributed by atoms with Gasteiger partial charge in [-0.3, -0.25) is 4.79 Å². The summed E-state index contributed by atoms with van der Waals surface area (Å²) in [5.74, 6) is 0.821. The molecule has 3 heteroatoms. The molecular formula is C20H23NO2. The van der Waals surface area contributed by atoms with Gasteiger partial charge in [0.2, 0.25) is 0 Å². The highest BCUT2D eigenvalue weighted by Gasteiger charge is 2.29. The summed E-state index contributed by atoms with van der Waals surface area (Å²) in [6.07, 6.45) is 3.09. The predicted octanol–water partition coefficient (Wildman–Crippen LogP) is 3.99. The molecule has 0 saturated carbocycles. The van der Waals surface area contributed by atoms with Gasteiger partial charge in [-0.15, -0.1) is 0 Å². The lowest BCUT2D eigenvalue weighted by Crippen LogP contribution is -2.34. The van der Waals surface area contributed by atoms with E-state index in [2.05, 4.69) is 19.1 Å². The van der Waals surface area contributed by atoms with Gasteiger partial charge in [-0.25, -0.2) is 0 Å². The SMILES string of the molecule is CCc1ccc(OCC(=O)N2CCCC2c2ccccc2)cc1. The molecule has 1 aliphatic heterocycles. The van der Waals surface area contributed by atoms with E-state index in [0.29, 0.717) is 0 Å². The molecule has 1 heterocycles. The number of ether oxygens (including phenoxy) is 1. The Bertz CT molecular complexity index is 636. The Morgan fingerprint density at radius 2 is 1.87 bits per heavy atom. The minimum atomic E-state index is 0.0657. The number of amides is 1. The zero-order valence-electron chi connectivity index (χ0n) is 13.6. The summed E-state index contributed by atoms with van der Waals surface area (Å²) in [4.78, 5) is 14.5. The quantitative estimate of drug-likeness (QED) is 0.835. The van der Waals surface area contributed by atoms with Crippen molar-refractivity contribution in [2.75, 3.05) is 13.2 Å². The lowest BCUT2D eigenvalue weighted by molar-refractivity contribution is -0.134. The van der Waals surface area contributed by atoms with Crippen LogP contribution in [0.3, 0.4) is 0 Å². The molecule has 0 N–H and O–H groups in total. The molecule has 1 atom stereocenters. The molecular weight excluding hydrogens is 286 g/mol. The normalized spacial score (nSPS) is 17.3. The van der Waals surface area contributed by atoms with Crippen LogP contribution in [0, 0.1) is 0 Å². The highest BCUT2D eigenvalue weighted by atomic mass is 16.5. The second-order valence-electron chi connectivity index (χ2n) is 5.94. The van der Waals surface area contributed by atoms with Crippen molar-refractivity contribution < 1.29 is 9.53 Å². The number of rotatable bonds is 5. The van der Waals surface area contributed by atoms with Crippen molar-refractivity contribution in [3.8, 4) is 5.75 Å². The van der Waals surface area contributed by atoms with Crippen LogP contribution in [0.1, 0.15) is 36.9 Å². The Labute approximate surface area is 137 Å². The molecule has 120 valence electrons. The van der Waals surface area contributed by atoms with Gasteiger partial charge in [0.1, 0.15) is 5.75 Å². The lowest BCUT2D eigenvalue weighted by Gasteiger charge is -2.25. The van der Waals surface area contributed by atoms with Crippen LogP contribution in [0.25, 0.3) is 0 Å². The van der Waals surface area contributed by atoms with E-state index in [1.54, 1.807) is 0 Å². The van der Waals surface area contributed by atoms with Crippen LogP contribution in [0.2, 0.25) is 0 Å². The van der Waals surface area contributed by atoms with Crippen molar-refractivity contribution in [3.63, 3.8) is 0 Å². The fraction of sp³-hybridized carbons (Fsp3) is 0.350. The highest BCUT2D eigenvalue weighted by Crippen LogP contribution is 2.31. The topological polar surface area (TPSA) is 29.5 Å². The van der Waals surface area contributed by atoms with E-state index >= 15 is 0 Å². The molecule has 1 aliphatic rings. The molecule has 0 spiro atoms. The van der Waals surface area contributed by atoms with E-state index in [1.165, 1.54) is 11.1 Å². The zero-order chi connectivity index (χ0) is 16.1. The van der Waals surface area contributed by atoms with Gasteiger partial charge in [0.25, 0.3) is 5.91 Å². The third-order valence-electron chi connectivity index (χ3n) is 4.45. The fourth-order valence-corrected chi connectivity index (χ4v) is 3.14. The highest BCUT2D eigenvalue weighted by molar-refractivity contribution is 5.78. The second kappa shape index (κ2) is 7.32. The molecule has 1 unspecified atom stereocenters. The molecule has 3 nitrogen and oxygen atoms in total. The standard InChI is InChI=1S/C20H23NO2/c1-2-16-10-12-18(13-11-16)23-15-20(22)21-14-6-9-19(21)17-7-4-3-5-8-17/h3-5,7-8,10-13,19H,2,6,9,14-15H2,1H3. The summed E-state index contributed by atoms with van der Waals surface area (Å²) < 4.78 is 5.67. The smallest absolute Gasteiger partial charge is 0.261 e. The number of carbonyl (C=O) groups excluding carboxylic acids is 1. The summed E-state index contributed by atoms with van der Waals surface area (Å²) in [6, 6.07) is 18.4. The van der Waals surface area contributed by atoms with Crippen LogP contribution in [0.4, 0.5) is 0 Å². The summed E-state index contributed by atoms with van der Waals surface area (Å²) in [5, 5.41) is 0. The number of hydrogen-bond acceptors (Lipinski definition) is 2. The van der Waals surface area contributed by atoms with Crippen molar-refractivity contribution in [2.24, 2.45) is 0 Å². The van der Waals surface area contributed by atoms with Gasteiger partial charge in [-0.1, -0.05) is 49.4 Å². The zero-order valence-corrected chi connectivity index (χ0v) is 13.6. The summed E-state index contributed by atoms with van der Waals surface area (Å²) in [5.41, 5.74) is 2.48. The first-order valence-corrected chi connectivity index (χ1v) is 8.34. The molecule has 3 rings (SSSR count). The van der Waals surface area contributed by atoms with Crippen molar-refractivity contribution in [3.05, 3.63) is 65.7 Å². The fourth-order valence-electron chi connectivity index (χ4n) is 3.14. The van der Waals surface area contributed by atoms with E-state index in [4.69, 9.17) is 4.74 Å². The predicted molar refractivity (Wildman–Crippen MR) is 91.4 cm³/mol. The van der Waals surface area contributed by atoms with Crippen molar-refractivity contribution in [2.45, 2.75) is 32.2 Å². The number of carbonyl (C=O) groups is 1. The first-order chi connectivity index (χ1) is 11.3. The van der Waals surface area contributed by atoms with E-state index < -0.39 is 0 Å². The number of hydrogen-bond donors (Lipinski definition) is 0. The lowest BCUT2D eigenvalue weighted by atomic mass is 10.0. The van der Waals surface area contributed by atoms with Crippen molar-refractivity contribution >= 4 is 5.91 Å². The third kappa shape index (κ3) is 3.73. The summed E-state index contributed by atoms with van der Waals surface area (Å²) in [7, 11) is 0. The van der Waals surface area contributed by atoms with Crippen LogP contribution < -0.4 is 4.74 Å². The number of nitrogens with zero attached hydrogens (tertiary/aromatic N) is 1. The molecule has 1 amide bonds. The van der Waals surface area contributed by atoms with Crippen molar-refractivity contribution in [1.29, 1.82) is 0 Å². The van der Waals surface area contributed by atoms with Gasteiger partial charge in [-0.05, 0) is 42.5 Å². The largest absolute Gasteiger partial charge is 0.484 e. The maximum atomic E-state index is 12.5. The van der Waals surface area contributed by atoms with Gasteiger partial charge in [0.15, 0.2) is 6.61 Å². The van der Waals surface area contributed by atoms with Gasteiger partial charge >= 0.3 is 0 Å². The van der Waals surface area contributed by atoms with E-state index in [-0.39, 0.29) is 18.6 Å². The van der Waals surface area contributed by atoms with Crippen LogP contribution in [-0.2, 0) is 11.2 Å². The second-order valence-corrected chi connectivity index (χ2v) is 5.94. The molecule has 2 aromatic carbocycles. The molecule has 2 aromatic rings. The van der Waals surface area contributed by atoms with Crippen molar-refractivity contribution in [1.82, 2.24) is 4.90 Å². The van der Waals surface area contributed by atoms with E-state index in [9.17, 15) is 4.79 Å². The maximum absolute atomic E-state index is 12.5. The van der Waals surface area contributed by atoms with E-state index in [1.807, 2.05) is 47.4 Å². The summed E-state index contributed by atoms with van der Waals surface area (Å²) in [6.45, 7) is 3.04. The third-order valence-corrected chi connectivity index (χ3v) is 4.45. The first-order valence-electron chi connectivity index (χ1n) is 8.34. The van der Waals surface area contributed by atoms with Crippen LogP contribution >= 0.6 is 0 Å². The van der Waals surface area contributed by atoms with Gasteiger partial charge < -0.3 is 9.64 Å². The molecule has 1 saturated heterocycles. The van der Waals surface area contributed by atoms with Gasteiger partial charge in [0, 0.05) is 6.54 Å². The average molecular weight is 309 g/mol. The molecule has 23 heavy (non-hydrogen) atoms. The Kier molecular flexibility index (Phi) is 4.96. The number of benzene rings is 2. The monoisotopic (exact) mass is 309 g/mol. The molecule has 0 radical (unpaired) electrons. The molecule has 0 bridgehead atoms. The van der Waals surface area contributed by atoms with Crippen LogP contribution in [-0.4, -0.2) is 24.0 Å². The van der Waals surface area contributed by atoms with Gasteiger partial charge in [-0.2, -0.15) is 0 Å². The summed E-state index contributed by atoms with van der Waals surface area (Å²) >= 11 is 0. The molecule has 0 aliphatic carbocycles. The number of likely N-dealkylation sites (tertiary alicyclic amines) is 1. The average Bonchev–Trinajstić information content (AvgIpc) is 3.11. The molecule has 1 fully saturated rings. The van der Waals surface area contributed by atoms with Gasteiger partial charge in [0.05, 0.1) is 6.04 Å². The Morgan fingerprint density at radius 3 is 2.57 bits per heavy atom. The minimum absolute atomic E-state index is 0.0657. The molecule has 0 aromatic heterocycles. The Balaban J connectivity index is 1.60. The van der Waals surface area contributed by atoms with E-state index in [0.717, 1.165) is 31.6 Å². The number of aryl methyl sites for hydroxylation is 1. The Morgan fingerprint density at radius 1 is 1.13 bits per heavy atom. The first kappa shape index (κ1) is 15.6. The van der Waals surface area contributed by atoms with Crippen LogP contribution in [0.15, 0.2) is 54.6 Å². The Hall–Kier alpha value is -2.29. The van der Waals surface area contributed by atoms with Crippen LogP contribution in [0.5, 0.6) is 5.75 Å². The minimum Gasteiger partial charge on any atom is -0.484 e. The maximum Gasteiger partial charge on any atom is 0.261 e.